The lowest BCUT2D eigenvalue weighted by Crippen LogP contribution is -2.13. The fourth-order valence-electron chi connectivity index (χ4n) is 1.64. The number of amides is 1. The van der Waals surface area contributed by atoms with Crippen molar-refractivity contribution in [3.8, 4) is 5.75 Å². The maximum atomic E-state index is 12.1. The summed E-state index contributed by atoms with van der Waals surface area (Å²) in [6.07, 6.45) is 3.29. The SMILES string of the molecule is COc1cc(C(=O)Nc2cnccc2C)ccc1N. The Bertz CT molecular complexity index is 611. The van der Waals surface area contributed by atoms with Gasteiger partial charge in [-0.3, -0.25) is 9.78 Å². The summed E-state index contributed by atoms with van der Waals surface area (Å²) in [4.78, 5) is 16.1. The smallest absolute Gasteiger partial charge is 0.255 e. The van der Waals surface area contributed by atoms with Gasteiger partial charge in [-0.2, -0.15) is 0 Å². The highest BCUT2D eigenvalue weighted by molar-refractivity contribution is 6.05. The van der Waals surface area contributed by atoms with Gasteiger partial charge in [0.15, 0.2) is 0 Å². The van der Waals surface area contributed by atoms with Gasteiger partial charge in [-0.1, -0.05) is 0 Å². The monoisotopic (exact) mass is 257 g/mol. The van der Waals surface area contributed by atoms with Gasteiger partial charge in [0.05, 0.1) is 24.7 Å². The van der Waals surface area contributed by atoms with E-state index in [1.54, 1.807) is 30.6 Å². The maximum Gasteiger partial charge on any atom is 0.255 e. The average molecular weight is 257 g/mol. The second kappa shape index (κ2) is 5.39. The van der Waals surface area contributed by atoms with E-state index in [4.69, 9.17) is 10.5 Å². The normalized spacial score (nSPS) is 10.0. The lowest BCUT2D eigenvalue weighted by Gasteiger charge is -2.09. The first-order chi connectivity index (χ1) is 9.11. The molecule has 0 unspecified atom stereocenters. The summed E-state index contributed by atoms with van der Waals surface area (Å²) in [6.45, 7) is 1.90. The molecule has 5 heteroatoms. The van der Waals surface area contributed by atoms with Gasteiger partial charge in [-0.15, -0.1) is 0 Å². The van der Waals surface area contributed by atoms with Crippen molar-refractivity contribution in [1.29, 1.82) is 0 Å². The number of benzene rings is 1. The van der Waals surface area contributed by atoms with Crippen molar-refractivity contribution in [2.75, 3.05) is 18.2 Å². The first-order valence-electron chi connectivity index (χ1n) is 5.77. The molecule has 3 N–H and O–H groups in total. The second-order valence-corrected chi connectivity index (χ2v) is 4.10. The van der Waals surface area contributed by atoms with E-state index in [1.165, 1.54) is 7.11 Å². The number of carbonyl (C=O) groups excluding carboxylic acids is 1. The zero-order valence-electron chi connectivity index (χ0n) is 10.8. The number of ether oxygens (including phenoxy) is 1. The third-order valence-corrected chi connectivity index (χ3v) is 2.78. The van der Waals surface area contributed by atoms with Gasteiger partial charge in [0.1, 0.15) is 5.75 Å². The van der Waals surface area contributed by atoms with Crippen LogP contribution in [0, 0.1) is 6.92 Å². The van der Waals surface area contributed by atoms with Crippen LogP contribution in [0.3, 0.4) is 0 Å². The van der Waals surface area contributed by atoms with Gasteiger partial charge >= 0.3 is 0 Å². The van der Waals surface area contributed by atoms with Gasteiger partial charge in [0, 0.05) is 11.8 Å². The molecule has 1 aromatic carbocycles. The number of nitrogen functional groups attached to an aromatic ring is 1. The van der Waals surface area contributed by atoms with E-state index in [0.29, 0.717) is 22.7 Å². The first kappa shape index (κ1) is 12.9. The summed E-state index contributed by atoms with van der Waals surface area (Å²) in [7, 11) is 1.51. The number of pyridine rings is 1. The summed E-state index contributed by atoms with van der Waals surface area (Å²) in [6, 6.07) is 6.73. The van der Waals surface area contributed by atoms with E-state index in [1.807, 2.05) is 13.0 Å². The van der Waals surface area contributed by atoms with Crippen LogP contribution < -0.4 is 15.8 Å². The van der Waals surface area contributed by atoms with E-state index in [-0.39, 0.29) is 5.91 Å². The Kier molecular flexibility index (Phi) is 3.66. The summed E-state index contributed by atoms with van der Waals surface area (Å²) >= 11 is 0. The lowest BCUT2D eigenvalue weighted by atomic mass is 10.1. The number of aryl methyl sites for hydroxylation is 1. The molecule has 1 heterocycles. The van der Waals surface area contributed by atoms with E-state index >= 15 is 0 Å². The van der Waals surface area contributed by atoms with E-state index in [2.05, 4.69) is 10.3 Å². The van der Waals surface area contributed by atoms with Crippen molar-refractivity contribution < 1.29 is 9.53 Å². The molecule has 0 aliphatic rings. The highest BCUT2D eigenvalue weighted by Gasteiger charge is 2.10. The minimum atomic E-state index is -0.227. The number of hydrogen-bond acceptors (Lipinski definition) is 4. The van der Waals surface area contributed by atoms with Crippen LogP contribution in [-0.2, 0) is 0 Å². The molecule has 0 fully saturated rings. The Morgan fingerprint density at radius 1 is 1.37 bits per heavy atom. The van der Waals surface area contributed by atoms with Crippen molar-refractivity contribution >= 4 is 17.3 Å². The minimum Gasteiger partial charge on any atom is -0.495 e. The van der Waals surface area contributed by atoms with Crippen molar-refractivity contribution in [2.24, 2.45) is 0 Å². The Morgan fingerprint density at radius 2 is 2.16 bits per heavy atom. The van der Waals surface area contributed by atoms with Gasteiger partial charge in [0.2, 0.25) is 0 Å². The molecule has 0 aliphatic carbocycles. The molecule has 98 valence electrons. The molecule has 0 atom stereocenters. The molecule has 1 amide bonds. The number of aromatic nitrogens is 1. The van der Waals surface area contributed by atoms with Gasteiger partial charge < -0.3 is 15.8 Å². The summed E-state index contributed by atoms with van der Waals surface area (Å²) in [5.41, 5.74) is 8.32. The number of rotatable bonds is 3. The van der Waals surface area contributed by atoms with Crippen LogP contribution in [0.25, 0.3) is 0 Å². The molecular formula is C14H15N3O2. The molecule has 19 heavy (non-hydrogen) atoms. The molecule has 0 saturated carbocycles. The lowest BCUT2D eigenvalue weighted by molar-refractivity contribution is 0.102. The number of carbonyl (C=O) groups is 1. The molecule has 2 aromatic rings. The topological polar surface area (TPSA) is 77.2 Å². The standard InChI is InChI=1S/C14H15N3O2/c1-9-5-6-16-8-12(9)17-14(18)10-3-4-11(15)13(7-10)19-2/h3-8H,15H2,1-2H3,(H,17,18). The third-order valence-electron chi connectivity index (χ3n) is 2.78. The predicted octanol–water partition coefficient (Wildman–Crippen LogP) is 2.23. The zero-order valence-corrected chi connectivity index (χ0v) is 10.8. The van der Waals surface area contributed by atoms with Gasteiger partial charge in [-0.25, -0.2) is 0 Å². The second-order valence-electron chi connectivity index (χ2n) is 4.10. The fourth-order valence-corrected chi connectivity index (χ4v) is 1.64. The average Bonchev–Trinajstić information content (AvgIpc) is 2.42. The summed E-state index contributed by atoms with van der Waals surface area (Å²) in [5, 5.41) is 2.80. The highest BCUT2D eigenvalue weighted by atomic mass is 16.5. The van der Waals surface area contributed by atoms with Crippen molar-refractivity contribution in [3.05, 3.63) is 47.8 Å². The van der Waals surface area contributed by atoms with E-state index in [0.717, 1.165) is 5.56 Å². The van der Waals surface area contributed by atoms with Crippen molar-refractivity contribution in [2.45, 2.75) is 6.92 Å². The van der Waals surface area contributed by atoms with Crippen LogP contribution in [0.5, 0.6) is 5.75 Å². The summed E-state index contributed by atoms with van der Waals surface area (Å²) < 4.78 is 5.09. The van der Waals surface area contributed by atoms with Crippen LogP contribution in [0.2, 0.25) is 0 Å². The fraction of sp³-hybridized carbons (Fsp3) is 0.143. The van der Waals surface area contributed by atoms with Crippen LogP contribution >= 0.6 is 0 Å². The molecule has 1 aromatic heterocycles. The van der Waals surface area contributed by atoms with E-state index < -0.39 is 0 Å². The molecule has 2 rings (SSSR count). The Labute approximate surface area is 111 Å². The van der Waals surface area contributed by atoms with Crippen LogP contribution in [0.4, 0.5) is 11.4 Å². The Balaban J connectivity index is 2.23. The molecule has 0 radical (unpaired) electrons. The molecule has 0 bridgehead atoms. The molecule has 0 aliphatic heterocycles. The number of nitrogens with two attached hydrogens (primary N) is 1. The van der Waals surface area contributed by atoms with Crippen molar-refractivity contribution in [3.63, 3.8) is 0 Å². The molecular weight excluding hydrogens is 242 g/mol. The quantitative estimate of drug-likeness (QED) is 0.827. The predicted molar refractivity (Wildman–Crippen MR) is 74.3 cm³/mol. The summed E-state index contributed by atoms with van der Waals surface area (Å²) in [5.74, 6) is 0.255. The number of hydrogen-bond donors (Lipinski definition) is 2. The molecule has 0 saturated heterocycles. The number of anilines is 2. The van der Waals surface area contributed by atoms with E-state index in [9.17, 15) is 4.79 Å². The van der Waals surface area contributed by atoms with Crippen LogP contribution in [0.15, 0.2) is 36.7 Å². The minimum absolute atomic E-state index is 0.227. The largest absolute Gasteiger partial charge is 0.495 e. The molecule has 5 nitrogen and oxygen atoms in total. The number of nitrogens with one attached hydrogen (secondary N) is 1. The Hall–Kier alpha value is -2.56. The number of nitrogens with zero attached hydrogens (tertiary/aromatic N) is 1. The van der Waals surface area contributed by atoms with Gasteiger partial charge in [0.25, 0.3) is 5.91 Å². The van der Waals surface area contributed by atoms with Gasteiger partial charge in [-0.05, 0) is 36.8 Å². The van der Waals surface area contributed by atoms with Crippen LogP contribution in [0.1, 0.15) is 15.9 Å². The van der Waals surface area contributed by atoms with Crippen molar-refractivity contribution in [1.82, 2.24) is 4.98 Å². The zero-order chi connectivity index (χ0) is 13.8. The highest BCUT2D eigenvalue weighted by Crippen LogP contribution is 2.23. The first-order valence-corrected chi connectivity index (χ1v) is 5.77. The Morgan fingerprint density at radius 3 is 2.84 bits per heavy atom. The molecule has 0 spiro atoms. The maximum absolute atomic E-state index is 12.1. The number of methoxy groups -OCH3 is 1. The third kappa shape index (κ3) is 2.82. The van der Waals surface area contributed by atoms with Crippen LogP contribution in [-0.4, -0.2) is 18.0 Å².